The Balaban J connectivity index is 2.52. The number of carbonyl (C=O) groups excluding carboxylic acids is 1. The fraction of sp³-hybridized carbons (Fsp3) is 0.0714. The Morgan fingerprint density at radius 2 is 1.94 bits per heavy atom. The van der Waals surface area contributed by atoms with Gasteiger partial charge in [0.15, 0.2) is 0 Å². The first-order chi connectivity index (χ1) is 8.24. The number of terminal acetylenes is 1. The fourth-order valence-corrected chi connectivity index (χ4v) is 2.16. The van der Waals surface area contributed by atoms with Crippen molar-refractivity contribution in [3.63, 3.8) is 0 Å². The van der Waals surface area contributed by atoms with Crippen LogP contribution in [0.1, 0.15) is 10.4 Å². The zero-order chi connectivity index (χ0) is 12.3. The minimum atomic E-state index is -0.147. The first-order valence-corrected chi connectivity index (χ1v) is 5.92. The van der Waals surface area contributed by atoms with E-state index < -0.39 is 0 Å². The Morgan fingerprint density at radius 1 is 1.24 bits per heavy atom. The normalized spacial score (nSPS) is 9.88. The van der Waals surface area contributed by atoms with Crippen LogP contribution in [0, 0.1) is 12.3 Å². The number of hydrogen-bond donors (Lipinski definition) is 1. The molecule has 0 spiro atoms. The third kappa shape index (κ3) is 2.32. The lowest BCUT2D eigenvalue weighted by Gasteiger charge is -2.07. The Bertz CT molecular complexity index is 613. The van der Waals surface area contributed by atoms with Gasteiger partial charge in [-0.3, -0.25) is 4.79 Å². The van der Waals surface area contributed by atoms with E-state index in [1.165, 1.54) is 0 Å². The van der Waals surface area contributed by atoms with Crippen molar-refractivity contribution in [3.8, 4) is 12.3 Å². The van der Waals surface area contributed by atoms with Gasteiger partial charge in [-0.2, -0.15) is 0 Å². The van der Waals surface area contributed by atoms with Crippen molar-refractivity contribution in [1.29, 1.82) is 0 Å². The summed E-state index contributed by atoms with van der Waals surface area (Å²) in [5.74, 6) is 2.24. The number of fused-ring (bicyclic) bond motifs is 1. The smallest absolute Gasteiger partial charge is 0.252 e. The van der Waals surface area contributed by atoms with Crippen LogP contribution in [0.5, 0.6) is 0 Å². The molecule has 0 aliphatic rings. The number of amides is 1. The molecule has 2 nitrogen and oxygen atoms in total. The van der Waals surface area contributed by atoms with E-state index in [1.807, 2.05) is 30.3 Å². The molecule has 3 heteroatoms. The van der Waals surface area contributed by atoms with Gasteiger partial charge >= 0.3 is 0 Å². The third-order valence-electron chi connectivity index (χ3n) is 2.47. The van der Waals surface area contributed by atoms with Crippen molar-refractivity contribution >= 4 is 32.6 Å². The molecule has 0 fully saturated rings. The van der Waals surface area contributed by atoms with Crippen molar-refractivity contribution in [2.45, 2.75) is 0 Å². The van der Waals surface area contributed by atoms with E-state index in [4.69, 9.17) is 6.42 Å². The van der Waals surface area contributed by atoms with E-state index >= 15 is 0 Å². The summed E-state index contributed by atoms with van der Waals surface area (Å²) in [6.07, 6.45) is 5.12. The van der Waals surface area contributed by atoms with Crippen LogP contribution in [0.4, 0.5) is 0 Å². The van der Waals surface area contributed by atoms with Crippen LogP contribution < -0.4 is 5.32 Å². The molecule has 1 amide bonds. The highest BCUT2D eigenvalue weighted by molar-refractivity contribution is 9.10. The quantitative estimate of drug-likeness (QED) is 0.846. The van der Waals surface area contributed by atoms with Gasteiger partial charge in [0, 0.05) is 10.0 Å². The minimum Gasteiger partial charge on any atom is -0.341 e. The molecule has 0 saturated heterocycles. The van der Waals surface area contributed by atoms with E-state index in [0.29, 0.717) is 5.56 Å². The minimum absolute atomic E-state index is 0.147. The zero-order valence-electron chi connectivity index (χ0n) is 9.03. The lowest BCUT2D eigenvalue weighted by atomic mass is 10.0. The standard InChI is InChI=1S/C14H10BrNO/c1-2-9-16-14(17)12-7-8-13(15)11-6-4-3-5-10(11)12/h1,3-8H,9H2,(H,16,17). The van der Waals surface area contributed by atoms with Crippen LogP contribution in [0.15, 0.2) is 40.9 Å². The number of halogens is 1. The van der Waals surface area contributed by atoms with Crippen LogP contribution in [0.2, 0.25) is 0 Å². The van der Waals surface area contributed by atoms with Crippen molar-refractivity contribution < 1.29 is 4.79 Å². The molecule has 0 unspecified atom stereocenters. The molecule has 84 valence electrons. The SMILES string of the molecule is C#CCNC(=O)c1ccc(Br)c2ccccc12. The largest absolute Gasteiger partial charge is 0.341 e. The number of carbonyl (C=O) groups is 1. The van der Waals surface area contributed by atoms with Gasteiger partial charge in [0.25, 0.3) is 5.91 Å². The second-order valence-electron chi connectivity index (χ2n) is 3.53. The Hall–Kier alpha value is -1.79. The third-order valence-corrected chi connectivity index (χ3v) is 3.16. The van der Waals surface area contributed by atoms with Crippen molar-refractivity contribution in [1.82, 2.24) is 5.32 Å². The summed E-state index contributed by atoms with van der Waals surface area (Å²) in [6, 6.07) is 11.4. The van der Waals surface area contributed by atoms with Crippen molar-refractivity contribution in [2.75, 3.05) is 6.54 Å². The summed E-state index contributed by atoms with van der Waals surface area (Å²) < 4.78 is 0.974. The van der Waals surface area contributed by atoms with E-state index in [2.05, 4.69) is 27.2 Å². The highest BCUT2D eigenvalue weighted by Crippen LogP contribution is 2.26. The second-order valence-corrected chi connectivity index (χ2v) is 4.38. The first kappa shape index (κ1) is 11.7. The van der Waals surface area contributed by atoms with Gasteiger partial charge in [-0.05, 0) is 22.9 Å². The van der Waals surface area contributed by atoms with Gasteiger partial charge in [0.1, 0.15) is 0 Å². The van der Waals surface area contributed by atoms with Crippen LogP contribution >= 0.6 is 15.9 Å². The van der Waals surface area contributed by atoms with Crippen LogP contribution in [-0.4, -0.2) is 12.5 Å². The predicted molar refractivity (Wildman–Crippen MR) is 72.8 cm³/mol. The van der Waals surface area contributed by atoms with Gasteiger partial charge in [-0.25, -0.2) is 0 Å². The van der Waals surface area contributed by atoms with Gasteiger partial charge in [-0.15, -0.1) is 6.42 Å². The zero-order valence-corrected chi connectivity index (χ0v) is 10.6. The van der Waals surface area contributed by atoms with Crippen LogP contribution in [-0.2, 0) is 0 Å². The molecule has 0 radical (unpaired) electrons. The van der Waals surface area contributed by atoms with Crippen LogP contribution in [0.25, 0.3) is 10.8 Å². The number of nitrogens with one attached hydrogen (secondary N) is 1. The Kier molecular flexibility index (Phi) is 3.46. The van der Waals surface area contributed by atoms with E-state index in [0.717, 1.165) is 15.2 Å². The van der Waals surface area contributed by atoms with E-state index in [1.54, 1.807) is 6.07 Å². The molecule has 0 heterocycles. The molecular weight excluding hydrogens is 278 g/mol. The maximum atomic E-state index is 11.9. The summed E-state index contributed by atoms with van der Waals surface area (Å²) in [7, 11) is 0. The number of hydrogen-bond acceptors (Lipinski definition) is 1. The van der Waals surface area contributed by atoms with Crippen LogP contribution in [0.3, 0.4) is 0 Å². The Labute approximate surface area is 108 Å². The molecule has 0 aliphatic carbocycles. The lowest BCUT2D eigenvalue weighted by Crippen LogP contribution is -2.23. The van der Waals surface area contributed by atoms with Crippen molar-refractivity contribution in [2.24, 2.45) is 0 Å². The van der Waals surface area contributed by atoms with E-state index in [9.17, 15) is 4.79 Å². The summed E-state index contributed by atoms with van der Waals surface area (Å²) in [5, 5.41) is 4.60. The summed E-state index contributed by atoms with van der Waals surface area (Å²) >= 11 is 3.47. The molecule has 2 rings (SSSR count). The highest BCUT2D eigenvalue weighted by Gasteiger charge is 2.10. The second kappa shape index (κ2) is 5.03. The molecule has 0 bridgehead atoms. The number of rotatable bonds is 2. The summed E-state index contributed by atoms with van der Waals surface area (Å²) in [6.45, 7) is 0.239. The van der Waals surface area contributed by atoms with Gasteiger partial charge in [-0.1, -0.05) is 46.1 Å². The molecule has 0 aromatic heterocycles. The average molecular weight is 288 g/mol. The van der Waals surface area contributed by atoms with E-state index in [-0.39, 0.29) is 12.5 Å². The molecule has 2 aromatic carbocycles. The summed E-state index contributed by atoms with van der Waals surface area (Å²) in [4.78, 5) is 11.9. The van der Waals surface area contributed by atoms with Gasteiger partial charge < -0.3 is 5.32 Å². The monoisotopic (exact) mass is 287 g/mol. The van der Waals surface area contributed by atoms with Crippen molar-refractivity contribution in [3.05, 3.63) is 46.4 Å². The molecule has 0 aliphatic heterocycles. The topological polar surface area (TPSA) is 29.1 Å². The Morgan fingerprint density at radius 3 is 2.65 bits per heavy atom. The lowest BCUT2D eigenvalue weighted by molar-refractivity contribution is 0.0960. The predicted octanol–water partition coefficient (Wildman–Crippen LogP) is 2.97. The molecule has 17 heavy (non-hydrogen) atoms. The maximum Gasteiger partial charge on any atom is 0.252 e. The first-order valence-electron chi connectivity index (χ1n) is 5.13. The number of benzene rings is 2. The molecular formula is C14H10BrNO. The highest BCUT2D eigenvalue weighted by atomic mass is 79.9. The molecule has 0 atom stereocenters. The van der Waals surface area contributed by atoms with Gasteiger partial charge in [0.2, 0.25) is 0 Å². The maximum absolute atomic E-state index is 11.9. The van der Waals surface area contributed by atoms with Gasteiger partial charge in [0.05, 0.1) is 6.54 Å². The molecule has 1 N–H and O–H groups in total. The molecule has 0 saturated carbocycles. The average Bonchev–Trinajstić information content (AvgIpc) is 2.37. The fourth-order valence-electron chi connectivity index (χ4n) is 1.69. The summed E-state index contributed by atoms with van der Waals surface area (Å²) in [5.41, 5.74) is 0.638. The molecule has 2 aromatic rings.